The Labute approximate surface area is 127 Å². The summed E-state index contributed by atoms with van der Waals surface area (Å²) in [6, 6.07) is 1.97. The van der Waals surface area contributed by atoms with E-state index in [1.165, 1.54) is 19.3 Å². The summed E-state index contributed by atoms with van der Waals surface area (Å²) in [6.45, 7) is 7.15. The zero-order valence-electron chi connectivity index (χ0n) is 12.7. The Hall–Kier alpha value is -0.800. The SMILES string of the molecule is CC(C)(C)NCc1cc(OC2CCCCC2)ncc1Cl. The highest BCUT2D eigenvalue weighted by Crippen LogP contribution is 2.25. The molecule has 0 aromatic carbocycles. The van der Waals surface area contributed by atoms with Gasteiger partial charge in [0.05, 0.1) is 5.02 Å². The first kappa shape index (κ1) is 15.6. The van der Waals surface area contributed by atoms with Crippen LogP contribution in [0, 0.1) is 0 Å². The molecule has 1 fully saturated rings. The lowest BCUT2D eigenvalue weighted by atomic mass is 9.98. The van der Waals surface area contributed by atoms with Gasteiger partial charge in [0.25, 0.3) is 0 Å². The quantitative estimate of drug-likeness (QED) is 0.898. The first-order valence-electron chi connectivity index (χ1n) is 7.50. The summed E-state index contributed by atoms with van der Waals surface area (Å²) in [5.41, 5.74) is 1.11. The molecular formula is C16H25ClN2O. The predicted octanol–water partition coefficient (Wildman–Crippen LogP) is 4.33. The number of pyridine rings is 1. The van der Waals surface area contributed by atoms with Crippen LogP contribution in [0.4, 0.5) is 0 Å². The number of aromatic nitrogens is 1. The van der Waals surface area contributed by atoms with Crippen LogP contribution >= 0.6 is 11.6 Å². The van der Waals surface area contributed by atoms with E-state index in [4.69, 9.17) is 16.3 Å². The molecule has 1 heterocycles. The van der Waals surface area contributed by atoms with Crippen LogP contribution in [0.1, 0.15) is 58.4 Å². The number of halogens is 1. The molecule has 1 aliphatic rings. The van der Waals surface area contributed by atoms with Gasteiger partial charge in [0.1, 0.15) is 6.10 Å². The van der Waals surface area contributed by atoms with E-state index in [2.05, 4.69) is 31.1 Å². The third-order valence-electron chi connectivity index (χ3n) is 3.56. The van der Waals surface area contributed by atoms with E-state index in [0.29, 0.717) is 17.0 Å². The largest absolute Gasteiger partial charge is 0.474 e. The summed E-state index contributed by atoms with van der Waals surface area (Å²) in [6.07, 6.45) is 8.14. The third-order valence-corrected chi connectivity index (χ3v) is 3.90. The van der Waals surface area contributed by atoms with Crippen LogP contribution in [0.5, 0.6) is 5.88 Å². The van der Waals surface area contributed by atoms with Crippen molar-refractivity contribution in [2.45, 2.75) is 71.1 Å². The molecule has 0 atom stereocenters. The highest BCUT2D eigenvalue weighted by Gasteiger charge is 2.16. The lowest BCUT2D eigenvalue weighted by Crippen LogP contribution is -2.35. The average molecular weight is 297 g/mol. The normalized spacial score (nSPS) is 17.2. The van der Waals surface area contributed by atoms with E-state index in [0.717, 1.165) is 24.9 Å². The van der Waals surface area contributed by atoms with Crippen LogP contribution in [0.15, 0.2) is 12.3 Å². The molecule has 0 saturated heterocycles. The van der Waals surface area contributed by atoms with Gasteiger partial charge in [0.2, 0.25) is 5.88 Å². The van der Waals surface area contributed by atoms with Crippen LogP contribution < -0.4 is 10.1 Å². The van der Waals surface area contributed by atoms with Crippen molar-refractivity contribution in [2.75, 3.05) is 0 Å². The van der Waals surface area contributed by atoms with Crippen LogP contribution in [0.25, 0.3) is 0 Å². The van der Waals surface area contributed by atoms with Crippen molar-refractivity contribution >= 4 is 11.6 Å². The van der Waals surface area contributed by atoms with Crippen molar-refractivity contribution in [1.29, 1.82) is 0 Å². The fourth-order valence-electron chi connectivity index (χ4n) is 2.37. The molecule has 0 radical (unpaired) electrons. The molecule has 2 rings (SSSR count). The van der Waals surface area contributed by atoms with Crippen molar-refractivity contribution in [1.82, 2.24) is 10.3 Å². The molecule has 0 bridgehead atoms. The number of ether oxygens (including phenoxy) is 1. The molecule has 0 amide bonds. The molecule has 1 aromatic heterocycles. The first-order valence-corrected chi connectivity index (χ1v) is 7.88. The molecule has 1 N–H and O–H groups in total. The van der Waals surface area contributed by atoms with Gasteiger partial charge in [-0.2, -0.15) is 0 Å². The molecule has 1 aliphatic carbocycles. The number of hydrogen-bond acceptors (Lipinski definition) is 3. The molecular weight excluding hydrogens is 272 g/mol. The Balaban J connectivity index is 1.99. The van der Waals surface area contributed by atoms with Gasteiger partial charge in [-0.15, -0.1) is 0 Å². The van der Waals surface area contributed by atoms with E-state index < -0.39 is 0 Å². The minimum absolute atomic E-state index is 0.0665. The lowest BCUT2D eigenvalue weighted by molar-refractivity contribution is 0.148. The lowest BCUT2D eigenvalue weighted by Gasteiger charge is -2.23. The Bertz CT molecular complexity index is 437. The molecule has 0 spiro atoms. The zero-order valence-corrected chi connectivity index (χ0v) is 13.5. The van der Waals surface area contributed by atoms with Crippen LogP contribution in [-0.4, -0.2) is 16.6 Å². The first-order chi connectivity index (χ1) is 9.44. The summed E-state index contributed by atoms with van der Waals surface area (Å²) in [7, 11) is 0. The van der Waals surface area contributed by atoms with Gasteiger partial charge in [-0.1, -0.05) is 18.0 Å². The summed E-state index contributed by atoms with van der Waals surface area (Å²) < 4.78 is 5.99. The van der Waals surface area contributed by atoms with E-state index in [1.54, 1.807) is 6.20 Å². The second kappa shape index (κ2) is 6.77. The second-order valence-corrected chi connectivity index (χ2v) is 7.00. The monoisotopic (exact) mass is 296 g/mol. The van der Waals surface area contributed by atoms with Crippen molar-refractivity contribution in [3.63, 3.8) is 0 Å². The van der Waals surface area contributed by atoms with Crippen LogP contribution in [0.3, 0.4) is 0 Å². The smallest absolute Gasteiger partial charge is 0.213 e. The van der Waals surface area contributed by atoms with Crippen molar-refractivity contribution in [3.05, 3.63) is 22.8 Å². The van der Waals surface area contributed by atoms with Crippen molar-refractivity contribution in [2.24, 2.45) is 0 Å². The third kappa shape index (κ3) is 4.95. The highest BCUT2D eigenvalue weighted by molar-refractivity contribution is 6.31. The van der Waals surface area contributed by atoms with Gasteiger partial charge in [-0.3, -0.25) is 0 Å². The summed E-state index contributed by atoms with van der Waals surface area (Å²) >= 11 is 6.21. The molecule has 112 valence electrons. The molecule has 4 heteroatoms. The fourth-order valence-corrected chi connectivity index (χ4v) is 2.54. The van der Waals surface area contributed by atoms with Gasteiger partial charge >= 0.3 is 0 Å². The summed E-state index contributed by atoms with van der Waals surface area (Å²) in [5.74, 6) is 0.701. The molecule has 1 aromatic rings. The maximum atomic E-state index is 6.21. The second-order valence-electron chi connectivity index (χ2n) is 6.60. The van der Waals surface area contributed by atoms with E-state index in [-0.39, 0.29) is 5.54 Å². The Morgan fingerprint density at radius 2 is 2.00 bits per heavy atom. The standard InChI is InChI=1S/C16H25ClN2O/c1-16(2,3)19-10-12-9-15(18-11-14(12)17)20-13-7-5-4-6-8-13/h9,11,13,19H,4-8,10H2,1-3H3. The van der Waals surface area contributed by atoms with Gasteiger partial charge < -0.3 is 10.1 Å². The van der Waals surface area contributed by atoms with Crippen molar-refractivity contribution in [3.8, 4) is 5.88 Å². The molecule has 0 unspecified atom stereocenters. The Morgan fingerprint density at radius 1 is 1.30 bits per heavy atom. The topological polar surface area (TPSA) is 34.1 Å². The molecule has 3 nitrogen and oxygen atoms in total. The van der Waals surface area contributed by atoms with E-state index in [9.17, 15) is 0 Å². The number of nitrogens with one attached hydrogen (secondary N) is 1. The van der Waals surface area contributed by atoms with Crippen LogP contribution in [0.2, 0.25) is 5.02 Å². The maximum Gasteiger partial charge on any atom is 0.213 e. The van der Waals surface area contributed by atoms with Gasteiger partial charge in [0.15, 0.2) is 0 Å². The highest BCUT2D eigenvalue weighted by atomic mass is 35.5. The average Bonchev–Trinajstić information content (AvgIpc) is 2.40. The Morgan fingerprint density at radius 3 is 2.65 bits per heavy atom. The van der Waals surface area contributed by atoms with Gasteiger partial charge in [0, 0.05) is 24.3 Å². The number of nitrogens with zero attached hydrogens (tertiary/aromatic N) is 1. The van der Waals surface area contributed by atoms with E-state index >= 15 is 0 Å². The summed E-state index contributed by atoms with van der Waals surface area (Å²) in [5, 5.41) is 4.13. The maximum absolute atomic E-state index is 6.21. The summed E-state index contributed by atoms with van der Waals surface area (Å²) in [4.78, 5) is 4.30. The molecule has 1 saturated carbocycles. The molecule has 20 heavy (non-hydrogen) atoms. The minimum atomic E-state index is 0.0665. The number of hydrogen-bond donors (Lipinski definition) is 1. The fraction of sp³-hybridized carbons (Fsp3) is 0.688. The van der Waals surface area contributed by atoms with E-state index in [1.807, 2.05) is 6.07 Å². The zero-order chi connectivity index (χ0) is 14.6. The van der Waals surface area contributed by atoms with Gasteiger partial charge in [-0.05, 0) is 52.0 Å². The predicted molar refractivity (Wildman–Crippen MR) is 83.3 cm³/mol. The van der Waals surface area contributed by atoms with Crippen molar-refractivity contribution < 1.29 is 4.74 Å². The minimum Gasteiger partial charge on any atom is -0.474 e. The van der Waals surface area contributed by atoms with Crippen LogP contribution in [-0.2, 0) is 6.54 Å². The molecule has 0 aliphatic heterocycles. The Kier molecular flexibility index (Phi) is 5.28. The number of rotatable bonds is 4. The van der Waals surface area contributed by atoms with Gasteiger partial charge in [-0.25, -0.2) is 4.98 Å².